The molecular formula is C14H13BrNOS. The van der Waals surface area contributed by atoms with E-state index in [2.05, 4.69) is 50.5 Å². The minimum atomic E-state index is 0.797. The third kappa shape index (κ3) is 2.32. The predicted molar refractivity (Wildman–Crippen MR) is 79.3 cm³/mol. The van der Waals surface area contributed by atoms with E-state index in [-0.39, 0.29) is 0 Å². The van der Waals surface area contributed by atoms with E-state index in [1.807, 2.05) is 6.07 Å². The van der Waals surface area contributed by atoms with E-state index in [1.165, 1.54) is 16.1 Å². The summed E-state index contributed by atoms with van der Waals surface area (Å²) in [6.45, 7) is 3.47. The van der Waals surface area contributed by atoms with E-state index >= 15 is 0 Å². The van der Waals surface area contributed by atoms with Gasteiger partial charge in [-0.1, -0.05) is 18.2 Å². The lowest BCUT2D eigenvalue weighted by atomic mass is 10.1. The summed E-state index contributed by atoms with van der Waals surface area (Å²) in [6.07, 6.45) is 0. The van der Waals surface area contributed by atoms with Crippen LogP contribution in [0.15, 0.2) is 34.1 Å². The summed E-state index contributed by atoms with van der Waals surface area (Å²) in [5, 5.41) is 2.11. The summed E-state index contributed by atoms with van der Waals surface area (Å²) in [4.78, 5) is 3.67. The summed E-state index contributed by atoms with van der Waals surface area (Å²) in [5.74, 6) is 0. The highest BCUT2D eigenvalue weighted by Gasteiger charge is 2.18. The van der Waals surface area contributed by atoms with Crippen molar-refractivity contribution in [3.63, 3.8) is 0 Å². The number of hydrogen-bond donors (Lipinski definition) is 0. The zero-order valence-electron chi connectivity index (χ0n) is 9.86. The number of thiophene rings is 1. The van der Waals surface area contributed by atoms with Crippen LogP contribution in [0.5, 0.6) is 0 Å². The lowest BCUT2D eigenvalue weighted by Gasteiger charge is -2.31. The molecule has 0 N–H and O–H groups in total. The standard InChI is InChI=1S/C14H13BrNOS/c15-12-4-1-3-11(13-5-2-10-18-13)14(12)16-6-8-17-9-7-16/h1-3,5,10H,6-9H2. The zero-order chi connectivity index (χ0) is 12.4. The number of anilines is 1. The summed E-state index contributed by atoms with van der Waals surface area (Å²) in [7, 11) is 0. The van der Waals surface area contributed by atoms with Crippen LogP contribution >= 0.6 is 27.3 Å². The quantitative estimate of drug-likeness (QED) is 0.833. The average Bonchev–Trinajstić information content (AvgIpc) is 2.93. The van der Waals surface area contributed by atoms with Crippen LogP contribution in [0.2, 0.25) is 0 Å². The fraction of sp³-hybridized carbons (Fsp3) is 0.286. The molecule has 0 spiro atoms. The molecule has 1 aromatic heterocycles. The van der Waals surface area contributed by atoms with Crippen LogP contribution in [0.1, 0.15) is 0 Å². The highest BCUT2D eigenvalue weighted by atomic mass is 79.9. The highest BCUT2D eigenvalue weighted by molar-refractivity contribution is 9.10. The molecule has 4 heteroatoms. The SMILES string of the molecule is Brc1[c]ccc(-c2cccs2)c1N1CCOCC1. The molecule has 0 aliphatic carbocycles. The van der Waals surface area contributed by atoms with Crippen molar-refractivity contribution in [1.82, 2.24) is 0 Å². The number of nitrogens with zero attached hydrogens (tertiary/aromatic N) is 1. The Morgan fingerprint density at radius 3 is 2.83 bits per heavy atom. The highest BCUT2D eigenvalue weighted by Crippen LogP contribution is 2.38. The van der Waals surface area contributed by atoms with Gasteiger partial charge in [-0.05, 0) is 33.4 Å². The van der Waals surface area contributed by atoms with Crippen molar-refractivity contribution in [2.24, 2.45) is 0 Å². The van der Waals surface area contributed by atoms with Crippen LogP contribution in [-0.4, -0.2) is 26.3 Å². The second kappa shape index (κ2) is 5.43. The number of benzene rings is 1. The Bertz CT molecular complexity index is 521. The van der Waals surface area contributed by atoms with Crippen LogP contribution in [0.4, 0.5) is 5.69 Å². The van der Waals surface area contributed by atoms with Crippen LogP contribution in [0.25, 0.3) is 10.4 Å². The first-order valence-electron chi connectivity index (χ1n) is 5.93. The molecule has 2 heterocycles. The van der Waals surface area contributed by atoms with Crippen molar-refractivity contribution >= 4 is 33.0 Å². The Morgan fingerprint density at radius 2 is 2.11 bits per heavy atom. The van der Waals surface area contributed by atoms with Crippen molar-refractivity contribution in [2.45, 2.75) is 0 Å². The van der Waals surface area contributed by atoms with E-state index in [4.69, 9.17) is 4.74 Å². The second-order valence-electron chi connectivity index (χ2n) is 4.13. The van der Waals surface area contributed by atoms with Crippen LogP contribution in [0.3, 0.4) is 0 Å². The number of morpholine rings is 1. The minimum Gasteiger partial charge on any atom is -0.378 e. The normalized spacial score (nSPS) is 15.9. The predicted octanol–water partition coefficient (Wildman–Crippen LogP) is 3.81. The van der Waals surface area contributed by atoms with Gasteiger partial charge in [0.15, 0.2) is 0 Å². The Morgan fingerprint density at radius 1 is 1.28 bits per heavy atom. The number of halogens is 1. The molecule has 0 amide bonds. The number of ether oxygens (including phenoxy) is 1. The first-order valence-corrected chi connectivity index (χ1v) is 7.60. The fourth-order valence-corrected chi connectivity index (χ4v) is 3.54. The van der Waals surface area contributed by atoms with Gasteiger partial charge in [0.1, 0.15) is 0 Å². The van der Waals surface area contributed by atoms with Crippen molar-refractivity contribution in [3.05, 3.63) is 40.2 Å². The maximum absolute atomic E-state index is 5.43. The molecule has 1 radical (unpaired) electrons. The van der Waals surface area contributed by atoms with Gasteiger partial charge < -0.3 is 9.64 Å². The van der Waals surface area contributed by atoms with Crippen LogP contribution in [0, 0.1) is 6.07 Å². The second-order valence-corrected chi connectivity index (χ2v) is 5.87. The van der Waals surface area contributed by atoms with Gasteiger partial charge in [-0.2, -0.15) is 0 Å². The molecule has 2 aromatic rings. The molecular weight excluding hydrogens is 310 g/mol. The van der Waals surface area contributed by atoms with E-state index in [9.17, 15) is 0 Å². The molecule has 1 aromatic carbocycles. The molecule has 0 saturated carbocycles. The van der Waals surface area contributed by atoms with Gasteiger partial charge in [0.05, 0.1) is 18.9 Å². The van der Waals surface area contributed by atoms with Gasteiger partial charge in [-0.25, -0.2) is 0 Å². The molecule has 0 bridgehead atoms. The Balaban J connectivity index is 2.06. The monoisotopic (exact) mass is 322 g/mol. The maximum Gasteiger partial charge on any atom is 0.0642 e. The Kier molecular flexibility index (Phi) is 3.68. The maximum atomic E-state index is 5.43. The molecule has 2 nitrogen and oxygen atoms in total. The summed E-state index contributed by atoms with van der Waals surface area (Å²) in [5.41, 5.74) is 2.51. The number of rotatable bonds is 2. The minimum absolute atomic E-state index is 0.797. The molecule has 1 aliphatic rings. The van der Waals surface area contributed by atoms with Gasteiger partial charge in [-0.3, -0.25) is 0 Å². The first-order chi connectivity index (χ1) is 8.86. The fourth-order valence-electron chi connectivity index (χ4n) is 2.19. The van der Waals surface area contributed by atoms with Gasteiger partial charge in [0.2, 0.25) is 0 Å². The van der Waals surface area contributed by atoms with E-state index in [0.29, 0.717) is 0 Å². The van der Waals surface area contributed by atoms with Crippen LogP contribution in [-0.2, 0) is 4.74 Å². The van der Waals surface area contributed by atoms with E-state index in [0.717, 1.165) is 30.8 Å². The van der Waals surface area contributed by atoms with Crippen molar-refractivity contribution in [1.29, 1.82) is 0 Å². The molecule has 3 rings (SSSR count). The third-order valence-corrected chi connectivity index (χ3v) is 4.54. The van der Waals surface area contributed by atoms with Gasteiger partial charge in [0, 0.05) is 28.0 Å². The lowest BCUT2D eigenvalue weighted by molar-refractivity contribution is 0.122. The third-order valence-electron chi connectivity index (χ3n) is 3.04. The van der Waals surface area contributed by atoms with Gasteiger partial charge in [0.25, 0.3) is 0 Å². The Hall–Kier alpha value is -0.840. The average molecular weight is 323 g/mol. The lowest BCUT2D eigenvalue weighted by Crippen LogP contribution is -2.36. The van der Waals surface area contributed by atoms with Crippen LogP contribution < -0.4 is 4.90 Å². The van der Waals surface area contributed by atoms with Crippen molar-refractivity contribution in [3.8, 4) is 10.4 Å². The van der Waals surface area contributed by atoms with Crippen molar-refractivity contribution < 1.29 is 4.74 Å². The molecule has 1 saturated heterocycles. The number of hydrogen-bond acceptors (Lipinski definition) is 3. The smallest absolute Gasteiger partial charge is 0.0642 e. The first kappa shape index (κ1) is 12.2. The van der Waals surface area contributed by atoms with E-state index < -0.39 is 0 Å². The van der Waals surface area contributed by atoms with Gasteiger partial charge >= 0.3 is 0 Å². The van der Waals surface area contributed by atoms with Crippen molar-refractivity contribution in [2.75, 3.05) is 31.2 Å². The molecule has 1 fully saturated rings. The summed E-state index contributed by atoms with van der Waals surface area (Å²) >= 11 is 5.41. The molecule has 0 unspecified atom stereocenters. The molecule has 18 heavy (non-hydrogen) atoms. The Labute approximate surface area is 119 Å². The molecule has 1 aliphatic heterocycles. The topological polar surface area (TPSA) is 12.5 Å². The van der Waals surface area contributed by atoms with E-state index in [1.54, 1.807) is 11.3 Å². The summed E-state index contributed by atoms with van der Waals surface area (Å²) in [6, 6.07) is 11.6. The zero-order valence-corrected chi connectivity index (χ0v) is 12.3. The van der Waals surface area contributed by atoms with Gasteiger partial charge in [-0.15, -0.1) is 11.3 Å². The summed E-state index contributed by atoms with van der Waals surface area (Å²) < 4.78 is 6.46. The molecule has 0 atom stereocenters. The largest absolute Gasteiger partial charge is 0.378 e. The molecule has 93 valence electrons.